The van der Waals surface area contributed by atoms with Gasteiger partial charge in [-0.25, -0.2) is 4.98 Å². The maximum atomic E-state index is 12.2. The normalized spacial score (nSPS) is 19.4. The molecule has 1 fully saturated rings. The highest BCUT2D eigenvalue weighted by atomic mass is 16.3. The Morgan fingerprint density at radius 1 is 1.43 bits per heavy atom. The van der Waals surface area contributed by atoms with Crippen molar-refractivity contribution < 1.29 is 5.11 Å². The molecule has 21 heavy (non-hydrogen) atoms. The second-order valence-electron chi connectivity index (χ2n) is 5.92. The van der Waals surface area contributed by atoms with Crippen molar-refractivity contribution in [1.82, 2.24) is 14.3 Å². The fourth-order valence-electron chi connectivity index (χ4n) is 3.04. The van der Waals surface area contributed by atoms with Crippen molar-refractivity contribution in [2.75, 3.05) is 19.7 Å². The van der Waals surface area contributed by atoms with Crippen LogP contribution >= 0.6 is 0 Å². The molecule has 1 unspecified atom stereocenters. The number of aliphatic hydroxyl groups excluding tert-OH is 1. The van der Waals surface area contributed by atoms with E-state index in [9.17, 15) is 4.79 Å². The van der Waals surface area contributed by atoms with Gasteiger partial charge in [-0.05, 0) is 43.9 Å². The molecule has 1 N–H and O–H groups in total. The molecule has 0 spiro atoms. The molecule has 0 bridgehead atoms. The van der Waals surface area contributed by atoms with E-state index in [0.717, 1.165) is 37.2 Å². The van der Waals surface area contributed by atoms with Crippen molar-refractivity contribution in [1.29, 1.82) is 0 Å². The summed E-state index contributed by atoms with van der Waals surface area (Å²) >= 11 is 0. The SMILES string of the molecule is Cc1ccc2nc(CN3CCC(CCO)C3)cc(=O)n2c1. The lowest BCUT2D eigenvalue weighted by Crippen LogP contribution is -2.23. The minimum absolute atomic E-state index is 0.0233. The molecule has 112 valence electrons. The van der Waals surface area contributed by atoms with Crippen LogP contribution in [0.3, 0.4) is 0 Å². The highest BCUT2D eigenvalue weighted by Crippen LogP contribution is 2.20. The Hall–Kier alpha value is -1.72. The van der Waals surface area contributed by atoms with Crippen LogP contribution in [0.25, 0.3) is 5.65 Å². The molecule has 1 atom stereocenters. The molecule has 5 nitrogen and oxygen atoms in total. The number of hydrogen-bond acceptors (Lipinski definition) is 4. The van der Waals surface area contributed by atoms with Crippen LogP contribution in [-0.2, 0) is 6.54 Å². The van der Waals surface area contributed by atoms with Crippen LogP contribution in [0, 0.1) is 12.8 Å². The Balaban J connectivity index is 1.79. The number of rotatable bonds is 4. The minimum Gasteiger partial charge on any atom is -0.396 e. The van der Waals surface area contributed by atoms with Crippen molar-refractivity contribution in [3.8, 4) is 0 Å². The molecule has 0 aromatic carbocycles. The third-order valence-electron chi connectivity index (χ3n) is 4.15. The van der Waals surface area contributed by atoms with Crippen molar-refractivity contribution in [2.45, 2.75) is 26.3 Å². The average molecular weight is 287 g/mol. The van der Waals surface area contributed by atoms with Gasteiger partial charge in [0.25, 0.3) is 5.56 Å². The van der Waals surface area contributed by atoms with E-state index in [-0.39, 0.29) is 12.2 Å². The lowest BCUT2D eigenvalue weighted by atomic mass is 10.1. The van der Waals surface area contributed by atoms with Crippen LogP contribution < -0.4 is 5.56 Å². The van der Waals surface area contributed by atoms with Gasteiger partial charge in [-0.2, -0.15) is 0 Å². The Morgan fingerprint density at radius 2 is 2.29 bits per heavy atom. The van der Waals surface area contributed by atoms with Gasteiger partial charge in [0.15, 0.2) is 0 Å². The van der Waals surface area contributed by atoms with E-state index in [1.165, 1.54) is 0 Å². The fraction of sp³-hybridized carbons (Fsp3) is 0.500. The number of pyridine rings is 1. The Kier molecular flexibility index (Phi) is 4.03. The number of aromatic nitrogens is 2. The van der Waals surface area contributed by atoms with Gasteiger partial charge in [0.1, 0.15) is 5.65 Å². The van der Waals surface area contributed by atoms with E-state index in [1.54, 1.807) is 10.5 Å². The molecule has 2 aromatic heterocycles. The van der Waals surface area contributed by atoms with Crippen LogP contribution in [0.4, 0.5) is 0 Å². The Bertz CT molecular complexity index is 695. The highest BCUT2D eigenvalue weighted by molar-refractivity contribution is 5.39. The van der Waals surface area contributed by atoms with Crippen molar-refractivity contribution in [2.24, 2.45) is 5.92 Å². The maximum Gasteiger partial charge on any atom is 0.258 e. The quantitative estimate of drug-likeness (QED) is 0.918. The van der Waals surface area contributed by atoms with Crippen LogP contribution in [-0.4, -0.2) is 39.1 Å². The summed E-state index contributed by atoms with van der Waals surface area (Å²) in [5.74, 6) is 0.569. The average Bonchev–Trinajstić information content (AvgIpc) is 2.87. The number of aryl methyl sites for hydroxylation is 1. The largest absolute Gasteiger partial charge is 0.396 e. The van der Waals surface area contributed by atoms with Gasteiger partial charge in [-0.3, -0.25) is 14.1 Å². The number of fused-ring (bicyclic) bond motifs is 1. The second-order valence-corrected chi connectivity index (χ2v) is 5.92. The maximum absolute atomic E-state index is 12.2. The summed E-state index contributed by atoms with van der Waals surface area (Å²) in [6, 6.07) is 5.49. The van der Waals surface area contributed by atoms with Gasteiger partial charge >= 0.3 is 0 Å². The highest BCUT2D eigenvalue weighted by Gasteiger charge is 2.22. The smallest absolute Gasteiger partial charge is 0.258 e. The number of likely N-dealkylation sites (tertiary alicyclic amines) is 1. The first kappa shape index (κ1) is 14.2. The lowest BCUT2D eigenvalue weighted by molar-refractivity contribution is 0.249. The van der Waals surface area contributed by atoms with Crippen molar-refractivity contribution >= 4 is 5.65 Å². The van der Waals surface area contributed by atoms with Crippen molar-refractivity contribution in [3.05, 3.63) is 46.0 Å². The summed E-state index contributed by atoms with van der Waals surface area (Å²) in [4.78, 5) is 19.1. The molecule has 1 aliphatic heterocycles. The summed E-state index contributed by atoms with van der Waals surface area (Å²) in [7, 11) is 0. The lowest BCUT2D eigenvalue weighted by Gasteiger charge is -2.15. The predicted molar refractivity (Wildman–Crippen MR) is 81.3 cm³/mol. The first-order valence-corrected chi connectivity index (χ1v) is 7.48. The van der Waals surface area contributed by atoms with Gasteiger partial charge in [-0.1, -0.05) is 6.07 Å². The number of hydrogen-bond donors (Lipinski definition) is 1. The van der Waals surface area contributed by atoms with E-state index in [4.69, 9.17) is 5.11 Å². The summed E-state index contributed by atoms with van der Waals surface area (Å²) in [5, 5.41) is 9.00. The molecule has 5 heteroatoms. The number of nitrogens with zero attached hydrogens (tertiary/aromatic N) is 3. The fourth-order valence-corrected chi connectivity index (χ4v) is 3.04. The minimum atomic E-state index is -0.0233. The molecule has 3 heterocycles. The molecule has 1 saturated heterocycles. The third-order valence-corrected chi connectivity index (χ3v) is 4.15. The zero-order chi connectivity index (χ0) is 14.8. The van der Waals surface area contributed by atoms with Gasteiger partial charge in [0.2, 0.25) is 0 Å². The van der Waals surface area contributed by atoms with E-state index in [1.807, 2.05) is 25.3 Å². The van der Waals surface area contributed by atoms with Crippen LogP contribution in [0.15, 0.2) is 29.2 Å². The molecule has 1 aliphatic rings. The first-order chi connectivity index (χ1) is 10.2. The van der Waals surface area contributed by atoms with Crippen molar-refractivity contribution in [3.63, 3.8) is 0 Å². The zero-order valence-electron chi connectivity index (χ0n) is 12.3. The van der Waals surface area contributed by atoms with Gasteiger partial charge in [-0.15, -0.1) is 0 Å². The third kappa shape index (κ3) is 3.14. The van der Waals surface area contributed by atoms with Gasteiger partial charge in [0, 0.05) is 32.0 Å². The summed E-state index contributed by atoms with van der Waals surface area (Å²) in [5.41, 5.74) is 2.55. The monoisotopic (exact) mass is 287 g/mol. The molecule has 0 saturated carbocycles. The Morgan fingerprint density at radius 3 is 3.10 bits per heavy atom. The van der Waals surface area contributed by atoms with Crippen LogP contribution in [0.5, 0.6) is 0 Å². The summed E-state index contributed by atoms with van der Waals surface area (Å²) < 4.78 is 1.59. The second kappa shape index (κ2) is 5.95. The molecular formula is C16H21N3O2. The van der Waals surface area contributed by atoms with E-state index in [2.05, 4.69) is 9.88 Å². The summed E-state index contributed by atoms with van der Waals surface area (Å²) in [6.07, 6.45) is 3.80. The molecule has 0 radical (unpaired) electrons. The summed E-state index contributed by atoms with van der Waals surface area (Å²) in [6.45, 7) is 4.93. The zero-order valence-corrected chi connectivity index (χ0v) is 12.3. The van der Waals surface area contributed by atoms with E-state index >= 15 is 0 Å². The molecule has 3 rings (SSSR count). The van der Waals surface area contributed by atoms with Crippen LogP contribution in [0.2, 0.25) is 0 Å². The number of aliphatic hydroxyl groups is 1. The topological polar surface area (TPSA) is 57.8 Å². The molecule has 0 aliphatic carbocycles. The van der Waals surface area contributed by atoms with Gasteiger partial charge < -0.3 is 5.11 Å². The molecule has 0 amide bonds. The molecule has 2 aromatic rings. The van der Waals surface area contributed by atoms with Gasteiger partial charge in [0.05, 0.1) is 5.69 Å². The predicted octanol–water partition coefficient (Wildman–Crippen LogP) is 1.21. The van der Waals surface area contributed by atoms with E-state index in [0.29, 0.717) is 18.1 Å². The first-order valence-electron chi connectivity index (χ1n) is 7.48. The van der Waals surface area contributed by atoms with Crippen LogP contribution in [0.1, 0.15) is 24.1 Å². The molecular weight excluding hydrogens is 266 g/mol. The Labute approximate surface area is 123 Å². The van der Waals surface area contributed by atoms with E-state index < -0.39 is 0 Å². The standard InChI is InChI=1S/C16H21N3O2/c1-12-2-3-15-17-14(8-16(21)19(15)9-12)11-18-6-4-13(10-18)5-7-20/h2-3,8-9,13,20H,4-7,10-11H2,1H3.